The van der Waals surface area contributed by atoms with Crippen molar-refractivity contribution in [3.63, 3.8) is 0 Å². The maximum atomic E-state index is 11.9. The van der Waals surface area contributed by atoms with Crippen LogP contribution in [0.1, 0.15) is 12.1 Å². The van der Waals surface area contributed by atoms with Crippen molar-refractivity contribution in [3.8, 4) is 11.6 Å². The van der Waals surface area contributed by atoms with Crippen LogP contribution in [0.4, 0.5) is 6.01 Å². The molecule has 0 spiro atoms. The first-order valence-electron chi connectivity index (χ1n) is 7.44. The summed E-state index contributed by atoms with van der Waals surface area (Å²) < 4.78 is 7.14. The summed E-state index contributed by atoms with van der Waals surface area (Å²) in [5, 5.41) is 14.6. The van der Waals surface area contributed by atoms with Crippen LogP contribution in [0.2, 0.25) is 0 Å². The maximum Gasteiger partial charge on any atom is 0.322 e. The predicted octanol–water partition coefficient (Wildman–Crippen LogP) is 2.90. The summed E-state index contributed by atoms with van der Waals surface area (Å²) in [4.78, 5) is 13.1. The van der Waals surface area contributed by atoms with Crippen molar-refractivity contribution in [2.75, 3.05) is 11.1 Å². The van der Waals surface area contributed by atoms with Crippen LogP contribution in [-0.2, 0) is 11.8 Å². The summed E-state index contributed by atoms with van der Waals surface area (Å²) in [6.45, 7) is 1.88. The molecule has 0 atom stereocenters. The van der Waals surface area contributed by atoms with E-state index in [4.69, 9.17) is 4.42 Å². The van der Waals surface area contributed by atoms with Gasteiger partial charge in [0.15, 0.2) is 0 Å². The number of anilines is 1. The first-order valence-corrected chi connectivity index (χ1v) is 8.42. The standard InChI is InChI=1S/C16H17N5O2S/c1-11-10-13(21(2)20-11)15-18-19-16(23-15)17-14(22)8-9-24-12-6-4-3-5-7-12/h3-7,10H,8-9H2,1-2H3,(H,17,19,22). The molecule has 0 aliphatic carbocycles. The SMILES string of the molecule is Cc1cc(-c2nnc(NC(=O)CCSc3ccccc3)o2)n(C)n1. The van der Waals surface area contributed by atoms with Gasteiger partial charge >= 0.3 is 6.01 Å². The van der Waals surface area contributed by atoms with E-state index in [-0.39, 0.29) is 11.9 Å². The molecule has 0 aliphatic rings. The highest BCUT2D eigenvalue weighted by Crippen LogP contribution is 2.21. The molecule has 3 rings (SSSR count). The van der Waals surface area contributed by atoms with Gasteiger partial charge < -0.3 is 4.42 Å². The second-order valence-electron chi connectivity index (χ2n) is 5.17. The molecule has 1 aromatic carbocycles. The fourth-order valence-electron chi connectivity index (χ4n) is 2.15. The van der Waals surface area contributed by atoms with Gasteiger partial charge in [-0.2, -0.15) is 5.10 Å². The van der Waals surface area contributed by atoms with Crippen LogP contribution in [0.3, 0.4) is 0 Å². The Kier molecular flexibility index (Phi) is 4.95. The van der Waals surface area contributed by atoms with Crippen LogP contribution >= 0.6 is 11.8 Å². The largest absolute Gasteiger partial charge is 0.401 e. The Bertz CT molecular complexity index is 828. The zero-order chi connectivity index (χ0) is 16.9. The zero-order valence-electron chi connectivity index (χ0n) is 13.4. The second kappa shape index (κ2) is 7.31. The summed E-state index contributed by atoms with van der Waals surface area (Å²) in [6.07, 6.45) is 0.363. The quantitative estimate of drug-likeness (QED) is 0.693. The maximum absolute atomic E-state index is 11.9. The number of carbonyl (C=O) groups is 1. The van der Waals surface area contributed by atoms with Crippen LogP contribution < -0.4 is 5.32 Å². The van der Waals surface area contributed by atoms with Gasteiger partial charge in [-0.15, -0.1) is 16.9 Å². The van der Waals surface area contributed by atoms with Crippen molar-refractivity contribution in [1.29, 1.82) is 0 Å². The van der Waals surface area contributed by atoms with Gasteiger partial charge in [-0.3, -0.25) is 14.8 Å². The normalized spacial score (nSPS) is 10.8. The molecular weight excluding hydrogens is 326 g/mol. The molecule has 124 valence electrons. The lowest BCUT2D eigenvalue weighted by Crippen LogP contribution is -2.12. The Labute approximate surface area is 143 Å². The molecule has 0 saturated carbocycles. The van der Waals surface area contributed by atoms with Gasteiger partial charge in [-0.1, -0.05) is 23.3 Å². The first kappa shape index (κ1) is 16.3. The monoisotopic (exact) mass is 343 g/mol. The number of nitrogens with zero attached hydrogens (tertiary/aromatic N) is 4. The Morgan fingerprint density at radius 2 is 2.08 bits per heavy atom. The van der Waals surface area contributed by atoms with Crippen LogP contribution in [-0.4, -0.2) is 31.6 Å². The summed E-state index contributed by atoms with van der Waals surface area (Å²) >= 11 is 1.63. The van der Waals surface area contributed by atoms with Gasteiger partial charge in [0.1, 0.15) is 5.69 Å². The van der Waals surface area contributed by atoms with E-state index in [0.717, 1.165) is 10.6 Å². The van der Waals surface area contributed by atoms with E-state index < -0.39 is 0 Å². The van der Waals surface area contributed by atoms with Crippen molar-refractivity contribution >= 4 is 23.7 Å². The molecule has 0 radical (unpaired) electrons. The minimum absolute atomic E-state index is 0.0959. The van der Waals surface area contributed by atoms with Gasteiger partial charge in [0.2, 0.25) is 5.91 Å². The molecule has 8 heteroatoms. The summed E-state index contributed by atoms with van der Waals surface area (Å²) in [5.41, 5.74) is 1.56. The topological polar surface area (TPSA) is 85.8 Å². The minimum Gasteiger partial charge on any atom is -0.401 e. The Morgan fingerprint density at radius 1 is 1.29 bits per heavy atom. The summed E-state index contributed by atoms with van der Waals surface area (Å²) in [7, 11) is 1.80. The van der Waals surface area contributed by atoms with Gasteiger partial charge in [0.05, 0.1) is 5.69 Å². The number of amides is 1. The first-order chi connectivity index (χ1) is 11.6. The molecular formula is C16H17N5O2S. The molecule has 1 amide bonds. The van der Waals surface area contributed by atoms with Crippen molar-refractivity contribution in [2.24, 2.45) is 7.05 Å². The van der Waals surface area contributed by atoms with Gasteiger partial charge in [0.25, 0.3) is 5.89 Å². The zero-order valence-corrected chi connectivity index (χ0v) is 14.2. The highest BCUT2D eigenvalue weighted by Gasteiger charge is 2.14. The number of hydrogen-bond donors (Lipinski definition) is 1. The van der Waals surface area contributed by atoms with Gasteiger partial charge in [-0.25, -0.2) is 0 Å². The molecule has 0 saturated heterocycles. The van der Waals surface area contributed by atoms with E-state index in [1.165, 1.54) is 0 Å². The average Bonchev–Trinajstić information content (AvgIpc) is 3.14. The number of thioether (sulfide) groups is 1. The van der Waals surface area contributed by atoms with Crippen molar-refractivity contribution in [3.05, 3.63) is 42.1 Å². The third-order valence-electron chi connectivity index (χ3n) is 3.23. The number of hydrogen-bond acceptors (Lipinski definition) is 6. The van der Waals surface area contributed by atoms with Gasteiger partial charge in [0, 0.05) is 24.1 Å². The lowest BCUT2D eigenvalue weighted by molar-refractivity contribution is -0.115. The van der Waals surface area contributed by atoms with E-state index in [1.807, 2.05) is 43.3 Å². The lowest BCUT2D eigenvalue weighted by Gasteiger charge is -2.01. The molecule has 0 bridgehead atoms. The highest BCUT2D eigenvalue weighted by molar-refractivity contribution is 7.99. The number of rotatable bonds is 6. The molecule has 0 fully saturated rings. The van der Waals surface area contributed by atoms with Crippen molar-refractivity contribution in [1.82, 2.24) is 20.0 Å². The van der Waals surface area contributed by atoms with E-state index in [1.54, 1.807) is 23.5 Å². The van der Waals surface area contributed by atoms with Crippen molar-refractivity contribution < 1.29 is 9.21 Å². The summed E-state index contributed by atoms with van der Waals surface area (Å²) in [5.74, 6) is 0.847. The predicted molar refractivity (Wildman–Crippen MR) is 91.6 cm³/mol. The molecule has 3 aromatic rings. The number of nitrogens with one attached hydrogen (secondary N) is 1. The van der Waals surface area contributed by atoms with Crippen LogP contribution in [0, 0.1) is 6.92 Å². The molecule has 7 nitrogen and oxygen atoms in total. The van der Waals surface area contributed by atoms with Crippen molar-refractivity contribution in [2.45, 2.75) is 18.2 Å². The average molecular weight is 343 g/mol. The number of carbonyl (C=O) groups excluding carboxylic acids is 1. The fraction of sp³-hybridized carbons (Fsp3) is 0.250. The molecule has 2 heterocycles. The number of aromatic nitrogens is 4. The Balaban J connectivity index is 1.53. The number of benzene rings is 1. The fourth-order valence-corrected chi connectivity index (χ4v) is 3.02. The molecule has 24 heavy (non-hydrogen) atoms. The van der Waals surface area contributed by atoms with E-state index >= 15 is 0 Å². The highest BCUT2D eigenvalue weighted by atomic mass is 32.2. The third-order valence-corrected chi connectivity index (χ3v) is 4.25. The van der Waals surface area contributed by atoms with Crippen LogP contribution in [0.5, 0.6) is 0 Å². The third kappa shape index (κ3) is 4.02. The van der Waals surface area contributed by atoms with E-state index in [9.17, 15) is 4.79 Å². The molecule has 1 N–H and O–H groups in total. The van der Waals surface area contributed by atoms with E-state index in [2.05, 4.69) is 20.6 Å². The molecule has 0 aliphatic heterocycles. The molecule has 0 unspecified atom stereocenters. The Morgan fingerprint density at radius 3 is 2.79 bits per heavy atom. The second-order valence-corrected chi connectivity index (χ2v) is 6.33. The number of aryl methyl sites for hydroxylation is 2. The lowest BCUT2D eigenvalue weighted by atomic mass is 10.4. The van der Waals surface area contributed by atoms with Crippen LogP contribution in [0.25, 0.3) is 11.6 Å². The summed E-state index contributed by atoms with van der Waals surface area (Å²) in [6, 6.07) is 11.9. The van der Waals surface area contributed by atoms with E-state index in [0.29, 0.717) is 23.8 Å². The minimum atomic E-state index is -0.158. The van der Waals surface area contributed by atoms with Gasteiger partial charge in [-0.05, 0) is 25.1 Å². The molecule has 2 aromatic heterocycles. The smallest absolute Gasteiger partial charge is 0.322 e. The Hall–Kier alpha value is -2.61. The van der Waals surface area contributed by atoms with Crippen LogP contribution in [0.15, 0.2) is 45.7 Å².